The number of sulfonamides is 1. The fourth-order valence-electron chi connectivity index (χ4n) is 2.75. The summed E-state index contributed by atoms with van der Waals surface area (Å²) in [6.45, 7) is 1.57. The van der Waals surface area contributed by atoms with Crippen molar-refractivity contribution >= 4 is 27.1 Å². The van der Waals surface area contributed by atoms with Crippen LogP contribution >= 0.6 is 0 Å². The van der Waals surface area contributed by atoms with Gasteiger partial charge in [0.2, 0.25) is 10.0 Å². The first-order valence-corrected chi connectivity index (χ1v) is 10.8. The molecule has 3 aromatic carbocycles. The van der Waals surface area contributed by atoms with Crippen molar-refractivity contribution in [1.29, 1.82) is 0 Å². The van der Waals surface area contributed by atoms with E-state index in [-0.39, 0.29) is 17.2 Å². The Morgan fingerprint density at radius 1 is 0.969 bits per heavy atom. The van der Waals surface area contributed by atoms with Crippen molar-refractivity contribution in [3.8, 4) is 5.75 Å². The molecule has 0 unspecified atom stereocenters. The van der Waals surface area contributed by atoms with Gasteiger partial charge in [0.1, 0.15) is 5.75 Å². The number of hydrazine groups is 1. The number of hydrogen-bond donors (Lipinski definition) is 5. The highest BCUT2D eigenvalue weighted by atomic mass is 32.2. The third-order valence-electron chi connectivity index (χ3n) is 4.62. The SMILES string of the molecule is Cc1cc(NNc2ccc(S(=O)(=O)NCc3ccc(C(F)(F)F)cc3)cc2)c(N)cc1O. The first-order valence-electron chi connectivity index (χ1n) is 9.33. The van der Waals surface area contributed by atoms with Gasteiger partial charge >= 0.3 is 6.18 Å². The molecule has 0 fully saturated rings. The number of aryl methyl sites for hydroxylation is 1. The Kier molecular flexibility index (Phi) is 6.51. The van der Waals surface area contributed by atoms with Gasteiger partial charge in [0, 0.05) is 12.6 Å². The summed E-state index contributed by atoms with van der Waals surface area (Å²) in [4.78, 5) is -0.00467. The number of phenols is 1. The second kappa shape index (κ2) is 8.97. The molecule has 0 saturated carbocycles. The fraction of sp³-hybridized carbons (Fsp3) is 0.143. The van der Waals surface area contributed by atoms with Crippen LogP contribution in [0.2, 0.25) is 0 Å². The van der Waals surface area contributed by atoms with E-state index < -0.39 is 21.8 Å². The zero-order valence-corrected chi connectivity index (χ0v) is 17.7. The molecular formula is C21H21F3N4O3S. The number of halogens is 3. The summed E-state index contributed by atoms with van der Waals surface area (Å²) in [6.07, 6.45) is -4.45. The molecule has 0 amide bonds. The lowest BCUT2D eigenvalue weighted by Crippen LogP contribution is -2.23. The summed E-state index contributed by atoms with van der Waals surface area (Å²) >= 11 is 0. The molecule has 11 heteroatoms. The Bertz CT molecular complexity index is 1200. The monoisotopic (exact) mass is 466 g/mol. The van der Waals surface area contributed by atoms with Crippen molar-refractivity contribution in [2.45, 2.75) is 24.5 Å². The molecule has 0 radical (unpaired) electrons. The van der Waals surface area contributed by atoms with E-state index in [0.717, 1.165) is 12.1 Å². The first-order chi connectivity index (χ1) is 15.0. The van der Waals surface area contributed by atoms with E-state index in [1.54, 1.807) is 13.0 Å². The first kappa shape index (κ1) is 23.2. The molecule has 0 bridgehead atoms. The zero-order chi connectivity index (χ0) is 23.5. The molecule has 32 heavy (non-hydrogen) atoms. The molecular weight excluding hydrogens is 445 g/mol. The largest absolute Gasteiger partial charge is 0.508 e. The molecule has 0 atom stereocenters. The van der Waals surface area contributed by atoms with Gasteiger partial charge in [-0.3, -0.25) is 5.43 Å². The van der Waals surface area contributed by atoms with Crippen LogP contribution < -0.4 is 21.3 Å². The van der Waals surface area contributed by atoms with Gasteiger partial charge in [-0.25, -0.2) is 13.1 Å². The van der Waals surface area contributed by atoms with Crippen molar-refractivity contribution < 1.29 is 26.7 Å². The molecule has 170 valence electrons. The maximum absolute atomic E-state index is 12.6. The maximum atomic E-state index is 12.6. The summed E-state index contributed by atoms with van der Waals surface area (Å²) < 4.78 is 65.1. The molecule has 0 aliphatic carbocycles. The number of phenolic OH excluding ortho intramolecular Hbond substituents is 1. The third kappa shape index (κ3) is 5.62. The van der Waals surface area contributed by atoms with Crippen LogP contribution in [0.5, 0.6) is 5.75 Å². The van der Waals surface area contributed by atoms with E-state index in [9.17, 15) is 26.7 Å². The molecule has 0 heterocycles. The van der Waals surface area contributed by atoms with Crippen LogP contribution in [0.1, 0.15) is 16.7 Å². The molecule has 3 aromatic rings. The Labute approximate surface area is 183 Å². The Hall–Kier alpha value is -3.44. The number of nitrogen functional groups attached to an aromatic ring is 1. The third-order valence-corrected chi connectivity index (χ3v) is 6.04. The predicted molar refractivity (Wildman–Crippen MR) is 116 cm³/mol. The second-order valence-electron chi connectivity index (χ2n) is 7.02. The molecule has 3 rings (SSSR count). The van der Waals surface area contributed by atoms with Crippen LogP contribution in [-0.2, 0) is 22.7 Å². The highest BCUT2D eigenvalue weighted by molar-refractivity contribution is 7.89. The lowest BCUT2D eigenvalue weighted by atomic mass is 10.1. The van der Waals surface area contributed by atoms with Crippen molar-refractivity contribution in [2.24, 2.45) is 0 Å². The van der Waals surface area contributed by atoms with Gasteiger partial charge in [0.05, 0.1) is 27.5 Å². The summed E-state index contributed by atoms with van der Waals surface area (Å²) in [6, 6.07) is 13.1. The Morgan fingerprint density at radius 2 is 1.59 bits per heavy atom. The zero-order valence-electron chi connectivity index (χ0n) is 16.9. The van der Waals surface area contributed by atoms with Crippen LogP contribution in [0, 0.1) is 6.92 Å². The number of rotatable bonds is 7. The maximum Gasteiger partial charge on any atom is 0.416 e. The summed E-state index contributed by atoms with van der Waals surface area (Å²) in [5.74, 6) is 0.0754. The van der Waals surface area contributed by atoms with Crippen LogP contribution in [0.15, 0.2) is 65.6 Å². The predicted octanol–water partition coefficient (Wildman–Crippen LogP) is 4.22. The second-order valence-corrected chi connectivity index (χ2v) is 8.79. The van der Waals surface area contributed by atoms with Gasteiger partial charge in [-0.15, -0.1) is 0 Å². The van der Waals surface area contributed by atoms with Crippen molar-refractivity contribution in [2.75, 3.05) is 16.6 Å². The van der Waals surface area contributed by atoms with Crippen LogP contribution in [0.4, 0.5) is 30.2 Å². The lowest BCUT2D eigenvalue weighted by molar-refractivity contribution is -0.137. The number of aromatic hydroxyl groups is 1. The number of nitrogens with two attached hydrogens (primary N) is 1. The summed E-state index contributed by atoms with van der Waals surface area (Å²) in [7, 11) is -3.87. The molecule has 0 saturated heterocycles. The number of alkyl halides is 3. The van der Waals surface area contributed by atoms with E-state index in [0.29, 0.717) is 28.2 Å². The number of nitrogens with one attached hydrogen (secondary N) is 3. The molecule has 0 aliphatic heterocycles. The number of benzene rings is 3. The topological polar surface area (TPSA) is 116 Å². The Balaban J connectivity index is 1.61. The summed E-state index contributed by atoms with van der Waals surface area (Å²) in [5.41, 5.74) is 13.2. The fourth-order valence-corrected chi connectivity index (χ4v) is 3.77. The lowest BCUT2D eigenvalue weighted by Gasteiger charge is -2.14. The van der Waals surface area contributed by atoms with E-state index in [1.165, 1.54) is 42.5 Å². The quantitative estimate of drug-likeness (QED) is 0.202. The van der Waals surface area contributed by atoms with Crippen LogP contribution in [0.25, 0.3) is 0 Å². The van der Waals surface area contributed by atoms with E-state index in [2.05, 4.69) is 15.6 Å². The van der Waals surface area contributed by atoms with Gasteiger partial charge in [0.15, 0.2) is 0 Å². The van der Waals surface area contributed by atoms with Crippen LogP contribution in [0.3, 0.4) is 0 Å². The summed E-state index contributed by atoms with van der Waals surface area (Å²) in [5, 5.41) is 9.64. The van der Waals surface area contributed by atoms with E-state index in [4.69, 9.17) is 5.73 Å². The minimum absolute atomic E-state index is 0.00467. The standard InChI is InChI=1S/C21H21F3N4O3S/c1-13-10-19(18(25)11-20(13)29)28-27-16-6-8-17(9-7-16)32(30,31)26-12-14-2-4-15(5-3-14)21(22,23)24/h2-11,26-29H,12,25H2,1H3. The van der Waals surface area contributed by atoms with Crippen molar-refractivity contribution in [3.63, 3.8) is 0 Å². The van der Waals surface area contributed by atoms with Gasteiger partial charge in [-0.2, -0.15) is 13.2 Å². The minimum atomic E-state index is -4.45. The average molecular weight is 466 g/mol. The van der Waals surface area contributed by atoms with E-state index >= 15 is 0 Å². The van der Waals surface area contributed by atoms with E-state index in [1.807, 2.05) is 0 Å². The van der Waals surface area contributed by atoms with Crippen molar-refractivity contribution in [3.05, 3.63) is 77.4 Å². The Morgan fingerprint density at radius 3 is 2.19 bits per heavy atom. The molecule has 0 aromatic heterocycles. The smallest absolute Gasteiger partial charge is 0.416 e. The number of anilines is 3. The van der Waals surface area contributed by atoms with Crippen LogP contribution in [-0.4, -0.2) is 13.5 Å². The number of hydrogen-bond acceptors (Lipinski definition) is 6. The normalized spacial score (nSPS) is 11.9. The molecule has 0 aliphatic rings. The van der Waals surface area contributed by atoms with Crippen molar-refractivity contribution in [1.82, 2.24) is 4.72 Å². The van der Waals surface area contributed by atoms with Gasteiger partial charge in [0.25, 0.3) is 0 Å². The van der Waals surface area contributed by atoms with Gasteiger partial charge in [-0.05, 0) is 60.5 Å². The molecule has 7 nitrogen and oxygen atoms in total. The molecule has 6 N–H and O–H groups in total. The van der Waals surface area contributed by atoms with Gasteiger partial charge in [-0.1, -0.05) is 12.1 Å². The minimum Gasteiger partial charge on any atom is -0.508 e. The highest BCUT2D eigenvalue weighted by Crippen LogP contribution is 2.29. The molecule has 0 spiro atoms. The van der Waals surface area contributed by atoms with Gasteiger partial charge < -0.3 is 16.3 Å². The average Bonchev–Trinajstić information content (AvgIpc) is 2.74. The highest BCUT2D eigenvalue weighted by Gasteiger charge is 2.29.